The van der Waals surface area contributed by atoms with E-state index in [-0.39, 0.29) is 6.61 Å². The van der Waals surface area contributed by atoms with Crippen LogP contribution in [0.1, 0.15) is 17.0 Å². The molecule has 0 amide bonds. The van der Waals surface area contributed by atoms with Crippen molar-refractivity contribution in [3.8, 4) is 0 Å². The summed E-state index contributed by atoms with van der Waals surface area (Å²) in [6, 6.07) is 4.28. The fourth-order valence-electron chi connectivity index (χ4n) is 2.18. The van der Waals surface area contributed by atoms with Crippen molar-refractivity contribution >= 4 is 11.0 Å². The number of nitrogens with zero attached hydrogens (tertiary/aromatic N) is 3. The third kappa shape index (κ3) is 2.40. The molecule has 0 spiro atoms. The summed E-state index contributed by atoms with van der Waals surface area (Å²) in [5.74, 6) is 1.01. The number of aromatic nitrogens is 2. The van der Waals surface area contributed by atoms with Crippen molar-refractivity contribution in [2.45, 2.75) is 26.9 Å². The van der Waals surface area contributed by atoms with Crippen molar-refractivity contribution in [2.24, 2.45) is 0 Å². The van der Waals surface area contributed by atoms with Gasteiger partial charge in [0.05, 0.1) is 24.2 Å². The van der Waals surface area contributed by atoms with Gasteiger partial charge in [-0.2, -0.15) is 0 Å². The highest BCUT2D eigenvalue weighted by atomic mass is 16.3. The summed E-state index contributed by atoms with van der Waals surface area (Å²) in [5.41, 5.74) is 4.65. The Hall–Kier alpha value is -1.39. The Morgan fingerprint density at radius 3 is 2.50 bits per heavy atom. The summed E-state index contributed by atoms with van der Waals surface area (Å²) in [5, 5.41) is 9.22. The molecule has 4 nitrogen and oxygen atoms in total. The second-order valence-electron chi connectivity index (χ2n) is 5.07. The van der Waals surface area contributed by atoms with Gasteiger partial charge in [0.15, 0.2) is 0 Å². The molecule has 0 aliphatic heterocycles. The van der Waals surface area contributed by atoms with Crippen LogP contribution < -0.4 is 0 Å². The second-order valence-corrected chi connectivity index (χ2v) is 5.07. The zero-order valence-electron chi connectivity index (χ0n) is 11.6. The van der Waals surface area contributed by atoms with E-state index in [2.05, 4.69) is 40.4 Å². The first kappa shape index (κ1) is 13.1. The van der Waals surface area contributed by atoms with Crippen LogP contribution >= 0.6 is 0 Å². The molecule has 0 aliphatic rings. The fourth-order valence-corrected chi connectivity index (χ4v) is 2.18. The minimum Gasteiger partial charge on any atom is -0.395 e. The number of hydrogen-bond acceptors (Lipinski definition) is 3. The van der Waals surface area contributed by atoms with E-state index in [1.54, 1.807) is 0 Å². The van der Waals surface area contributed by atoms with Crippen molar-refractivity contribution in [1.82, 2.24) is 14.5 Å². The van der Waals surface area contributed by atoms with Crippen LogP contribution in [0.4, 0.5) is 0 Å². The van der Waals surface area contributed by atoms with E-state index in [0.29, 0.717) is 6.54 Å². The zero-order valence-corrected chi connectivity index (χ0v) is 11.6. The predicted octanol–water partition coefficient (Wildman–Crippen LogP) is 1.71. The minimum absolute atomic E-state index is 0.138. The first-order chi connectivity index (χ1) is 8.52. The first-order valence-corrected chi connectivity index (χ1v) is 6.25. The average molecular weight is 247 g/mol. The average Bonchev–Trinajstić information content (AvgIpc) is 2.58. The van der Waals surface area contributed by atoms with Crippen molar-refractivity contribution < 1.29 is 5.11 Å². The van der Waals surface area contributed by atoms with Gasteiger partial charge in [-0.05, 0) is 51.2 Å². The molecule has 0 saturated carbocycles. The molecular weight excluding hydrogens is 226 g/mol. The lowest BCUT2D eigenvalue weighted by Gasteiger charge is -2.12. The van der Waals surface area contributed by atoms with Crippen LogP contribution in [-0.2, 0) is 13.1 Å². The van der Waals surface area contributed by atoms with Crippen molar-refractivity contribution in [2.75, 3.05) is 20.7 Å². The molecule has 98 valence electrons. The van der Waals surface area contributed by atoms with E-state index in [1.165, 1.54) is 11.1 Å². The lowest BCUT2D eigenvalue weighted by Crippen LogP contribution is -2.16. The Balaban J connectivity index is 2.59. The Bertz CT molecular complexity index is 558. The molecule has 0 fully saturated rings. The van der Waals surface area contributed by atoms with E-state index < -0.39 is 0 Å². The summed E-state index contributed by atoms with van der Waals surface area (Å²) >= 11 is 0. The van der Waals surface area contributed by atoms with Crippen LogP contribution in [-0.4, -0.2) is 40.3 Å². The quantitative estimate of drug-likeness (QED) is 0.894. The van der Waals surface area contributed by atoms with Gasteiger partial charge in [0, 0.05) is 6.54 Å². The summed E-state index contributed by atoms with van der Waals surface area (Å²) in [6.45, 7) is 5.73. The van der Waals surface area contributed by atoms with Crippen LogP contribution in [0.3, 0.4) is 0 Å². The maximum absolute atomic E-state index is 9.22. The normalized spacial score (nSPS) is 11.7. The SMILES string of the molecule is Cc1cc2nc(CN(C)C)n(CCO)c2cc1C. The van der Waals surface area contributed by atoms with Gasteiger partial charge in [-0.25, -0.2) is 4.98 Å². The number of aliphatic hydroxyl groups excluding tert-OH is 1. The molecule has 0 unspecified atom stereocenters. The smallest absolute Gasteiger partial charge is 0.124 e. The third-order valence-electron chi connectivity index (χ3n) is 3.22. The highest BCUT2D eigenvalue weighted by Gasteiger charge is 2.12. The summed E-state index contributed by atoms with van der Waals surface area (Å²) < 4.78 is 2.11. The van der Waals surface area contributed by atoms with Crippen LogP contribution in [0.5, 0.6) is 0 Å². The number of imidazole rings is 1. The van der Waals surface area contributed by atoms with Crippen LogP contribution in [0.15, 0.2) is 12.1 Å². The maximum atomic E-state index is 9.22. The van der Waals surface area contributed by atoms with E-state index in [4.69, 9.17) is 0 Å². The summed E-state index contributed by atoms with van der Waals surface area (Å²) in [4.78, 5) is 6.78. The molecule has 1 N–H and O–H groups in total. The summed E-state index contributed by atoms with van der Waals surface area (Å²) in [6.07, 6.45) is 0. The maximum Gasteiger partial charge on any atom is 0.124 e. The molecule has 4 heteroatoms. The number of aryl methyl sites for hydroxylation is 2. The number of benzene rings is 1. The van der Waals surface area contributed by atoms with Gasteiger partial charge in [0.1, 0.15) is 5.82 Å². The van der Waals surface area contributed by atoms with Gasteiger partial charge in [-0.1, -0.05) is 0 Å². The molecule has 18 heavy (non-hydrogen) atoms. The van der Waals surface area contributed by atoms with Crippen LogP contribution in [0.25, 0.3) is 11.0 Å². The summed E-state index contributed by atoms with van der Waals surface area (Å²) in [7, 11) is 4.05. The fraction of sp³-hybridized carbons (Fsp3) is 0.500. The Labute approximate surface area is 108 Å². The van der Waals surface area contributed by atoms with Crippen molar-refractivity contribution in [3.05, 3.63) is 29.1 Å². The molecule has 2 aromatic rings. The molecule has 0 radical (unpaired) electrons. The van der Waals surface area contributed by atoms with Gasteiger partial charge in [-0.3, -0.25) is 0 Å². The van der Waals surface area contributed by atoms with Crippen molar-refractivity contribution in [1.29, 1.82) is 0 Å². The van der Waals surface area contributed by atoms with E-state index in [0.717, 1.165) is 23.4 Å². The molecule has 1 aromatic carbocycles. The second kappa shape index (κ2) is 5.08. The highest BCUT2D eigenvalue weighted by molar-refractivity contribution is 5.78. The molecule has 0 saturated heterocycles. The molecule has 0 bridgehead atoms. The minimum atomic E-state index is 0.138. The van der Waals surface area contributed by atoms with Crippen molar-refractivity contribution in [3.63, 3.8) is 0 Å². The molecule has 1 heterocycles. The monoisotopic (exact) mass is 247 g/mol. The van der Waals surface area contributed by atoms with Gasteiger partial charge >= 0.3 is 0 Å². The molecular formula is C14H21N3O. The zero-order chi connectivity index (χ0) is 13.3. The predicted molar refractivity (Wildman–Crippen MR) is 73.7 cm³/mol. The molecule has 1 aromatic heterocycles. The molecule has 2 rings (SSSR count). The standard InChI is InChI=1S/C14H21N3O/c1-10-7-12-13(8-11(10)2)17(5-6-18)14(15-12)9-16(3)4/h7-8,18H,5-6,9H2,1-4H3. The van der Waals surface area contributed by atoms with E-state index >= 15 is 0 Å². The number of rotatable bonds is 4. The third-order valence-corrected chi connectivity index (χ3v) is 3.22. The highest BCUT2D eigenvalue weighted by Crippen LogP contribution is 2.21. The topological polar surface area (TPSA) is 41.3 Å². The lowest BCUT2D eigenvalue weighted by molar-refractivity contribution is 0.272. The molecule has 0 atom stereocenters. The van der Waals surface area contributed by atoms with Gasteiger partial charge in [-0.15, -0.1) is 0 Å². The van der Waals surface area contributed by atoms with E-state index in [1.807, 2.05) is 14.1 Å². The number of aliphatic hydroxyl groups is 1. The van der Waals surface area contributed by atoms with Gasteiger partial charge in [0.2, 0.25) is 0 Å². The van der Waals surface area contributed by atoms with Crippen LogP contribution in [0, 0.1) is 13.8 Å². The van der Waals surface area contributed by atoms with Gasteiger partial charge < -0.3 is 14.6 Å². The largest absolute Gasteiger partial charge is 0.395 e. The Morgan fingerprint density at radius 2 is 1.89 bits per heavy atom. The number of fused-ring (bicyclic) bond motifs is 1. The van der Waals surface area contributed by atoms with Gasteiger partial charge in [0.25, 0.3) is 0 Å². The van der Waals surface area contributed by atoms with E-state index in [9.17, 15) is 5.11 Å². The molecule has 0 aliphatic carbocycles. The number of hydrogen-bond donors (Lipinski definition) is 1. The van der Waals surface area contributed by atoms with Crippen LogP contribution in [0.2, 0.25) is 0 Å². The Kier molecular flexibility index (Phi) is 3.68. The Morgan fingerprint density at radius 1 is 1.22 bits per heavy atom. The first-order valence-electron chi connectivity index (χ1n) is 6.25. The lowest BCUT2D eigenvalue weighted by atomic mass is 10.1.